The molecule has 3 nitrogen and oxygen atoms in total. The molecule has 0 aromatic heterocycles. The summed E-state index contributed by atoms with van der Waals surface area (Å²) in [4.78, 5) is 24.3. The fourth-order valence-corrected chi connectivity index (χ4v) is 5.22. The summed E-state index contributed by atoms with van der Waals surface area (Å²) < 4.78 is 5.49. The fraction of sp³-hybridized carbons (Fsp3) is 0.647. The smallest absolute Gasteiger partial charge is 0.305 e. The first-order chi connectivity index (χ1) is 10.2. The van der Waals surface area contributed by atoms with Crippen LogP contribution in [0.5, 0.6) is 0 Å². The average molecular weight is 306 g/mol. The molecular formula is C17H22O3S. The van der Waals surface area contributed by atoms with Crippen LogP contribution in [0.3, 0.4) is 0 Å². The number of carbonyl (C=O) groups excluding carboxylic acids is 2. The molecule has 4 heteroatoms. The summed E-state index contributed by atoms with van der Waals surface area (Å²) in [5.74, 6) is 1.81. The lowest BCUT2D eigenvalue weighted by atomic mass is 9.76. The van der Waals surface area contributed by atoms with E-state index >= 15 is 0 Å². The molecule has 21 heavy (non-hydrogen) atoms. The van der Waals surface area contributed by atoms with Gasteiger partial charge in [0.2, 0.25) is 0 Å². The number of ketones is 1. The van der Waals surface area contributed by atoms with E-state index in [2.05, 4.69) is 18.2 Å². The summed E-state index contributed by atoms with van der Waals surface area (Å²) in [5.41, 5.74) is 0. The van der Waals surface area contributed by atoms with Gasteiger partial charge in [-0.3, -0.25) is 9.59 Å². The summed E-state index contributed by atoms with van der Waals surface area (Å²) in [7, 11) is 0. The van der Waals surface area contributed by atoms with Crippen molar-refractivity contribution in [3.05, 3.63) is 24.3 Å². The van der Waals surface area contributed by atoms with E-state index < -0.39 is 0 Å². The topological polar surface area (TPSA) is 43.4 Å². The van der Waals surface area contributed by atoms with Crippen LogP contribution >= 0.6 is 11.8 Å². The van der Waals surface area contributed by atoms with E-state index in [1.807, 2.05) is 24.8 Å². The second-order valence-corrected chi connectivity index (χ2v) is 7.39. The summed E-state index contributed by atoms with van der Waals surface area (Å²) >= 11 is 1.90. The average Bonchev–Trinajstić information content (AvgIpc) is 2.65. The second kappa shape index (κ2) is 6.39. The molecule has 3 rings (SSSR count). The largest absolute Gasteiger partial charge is 0.462 e. The maximum Gasteiger partial charge on any atom is 0.305 e. The molecule has 5 atom stereocenters. The van der Waals surface area contributed by atoms with E-state index in [0.29, 0.717) is 23.4 Å². The van der Waals surface area contributed by atoms with Crippen LogP contribution in [0.1, 0.15) is 32.6 Å². The van der Waals surface area contributed by atoms with Crippen LogP contribution in [0.2, 0.25) is 0 Å². The zero-order chi connectivity index (χ0) is 14.8. The Bertz CT molecular complexity index is 482. The third kappa shape index (κ3) is 3.10. The lowest BCUT2D eigenvalue weighted by Crippen LogP contribution is -2.38. The van der Waals surface area contributed by atoms with E-state index in [0.717, 1.165) is 25.0 Å². The van der Waals surface area contributed by atoms with Crippen molar-refractivity contribution in [3.63, 3.8) is 0 Å². The molecule has 1 aliphatic heterocycles. The SMILES string of the molecule is CCC(=O)OC1CCC2C(=O)C3C=CC=CC3CSC2C1. The van der Waals surface area contributed by atoms with Crippen molar-refractivity contribution in [1.29, 1.82) is 0 Å². The van der Waals surface area contributed by atoms with Crippen molar-refractivity contribution >= 4 is 23.5 Å². The molecule has 1 saturated heterocycles. The Kier molecular flexibility index (Phi) is 4.53. The van der Waals surface area contributed by atoms with Crippen LogP contribution in [0.25, 0.3) is 0 Å². The van der Waals surface area contributed by atoms with Crippen molar-refractivity contribution in [1.82, 2.24) is 0 Å². The van der Waals surface area contributed by atoms with Crippen molar-refractivity contribution in [2.75, 3.05) is 5.75 Å². The van der Waals surface area contributed by atoms with Gasteiger partial charge in [0.1, 0.15) is 11.9 Å². The summed E-state index contributed by atoms with van der Waals surface area (Å²) in [5, 5.41) is 0.313. The molecule has 5 unspecified atom stereocenters. The Hall–Kier alpha value is -1.03. The molecule has 0 amide bonds. The molecule has 0 aromatic rings. The second-order valence-electron chi connectivity index (χ2n) is 6.12. The number of Topliss-reactive ketones (excluding diaryl/α,β-unsaturated/α-hetero) is 1. The number of hydrogen-bond donors (Lipinski definition) is 0. The molecule has 0 N–H and O–H groups in total. The molecule has 114 valence electrons. The van der Waals surface area contributed by atoms with Gasteiger partial charge in [0.25, 0.3) is 0 Å². The molecule has 1 saturated carbocycles. The summed E-state index contributed by atoms with van der Waals surface area (Å²) in [6, 6.07) is 0. The zero-order valence-corrected chi connectivity index (χ0v) is 13.2. The minimum Gasteiger partial charge on any atom is -0.462 e. The Morgan fingerprint density at radius 2 is 2.14 bits per heavy atom. The highest BCUT2D eigenvalue weighted by Gasteiger charge is 2.43. The number of thioether (sulfide) groups is 1. The van der Waals surface area contributed by atoms with E-state index in [9.17, 15) is 9.59 Å². The number of carbonyl (C=O) groups is 2. The van der Waals surface area contributed by atoms with Gasteiger partial charge in [0.05, 0.1) is 0 Å². The van der Waals surface area contributed by atoms with Crippen LogP contribution in [0, 0.1) is 17.8 Å². The first-order valence-electron chi connectivity index (χ1n) is 7.89. The van der Waals surface area contributed by atoms with Crippen LogP contribution in [0.4, 0.5) is 0 Å². The highest BCUT2D eigenvalue weighted by Crippen LogP contribution is 2.43. The number of ether oxygens (including phenoxy) is 1. The van der Waals surface area contributed by atoms with Gasteiger partial charge >= 0.3 is 5.97 Å². The molecule has 3 aliphatic rings. The van der Waals surface area contributed by atoms with Crippen molar-refractivity contribution in [3.8, 4) is 0 Å². The lowest BCUT2D eigenvalue weighted by Gasteiger charge is -2.34. The lowest BCUT2D eigenvalue weighted by molar-refractivity contribution is -0.150. The fourth-order valence-electron chi connectivity index (χ4n) is 3.58. The van der Waals surface area contributed by atoms with Gasteiger partial charge in [-0.05, 0) is 25.2 Å². The third-order valence-electron chi connectivity index (χ3n) is 4.78. The minimum absolute atomic E-state index is 0.00483. The molecule has 0 bridgehead atoms. The predicted molar refractivity (Wildman–Crippen MR) is 84.0 cm³/mol. The van der Waals surface area contributed by atoms with Crippen molar-refractivity contribution in [2.45, 2.75) is 44.0 Å². The summed E-state index contributed by atoms with van der Waals surface area (Å²) in [6.07, 6.45) is 11.2. The van der Waals surface area contributed by atoms with Crippen LogP contribution in [-0.2, 0) is 14.3 Å². The van der Waals surface area contributed by atoms with E-state index in [1.54, 1.807) is 0 Å². The molecular weight excluding hydrogens is 284 g/mol. The Balaban J connectivity index is 1.70. The number of allylic oxidation sites excluding steroid dienone is 4. The molecule has 0 aromatic carbocycles. The quantitative estimate of drug-likeness (QED) is 0.735. The van der Waals surface area contributed by atoms with E-state index in [4.69, 9.17) is 4.74 Å². The highest BCUT2D eigenvalue weighted by molar-refractivity contribution is 8.00. The molecule has 1 heterocycles. The zero-order valence-electron chi connectivity index (χ0n) is 12.4. The van der Waals surface area contributed by atoms with Gasteiger partial charge in [-0.1, -0.05) is 31.2 Å². The maximum absolute atomic E-state index is 12.8. The number of fused-ring (bicyclic) bond motifs is 2. The van der Waals surface area contributed by atoms with Crippen molar-refractivity contribution in [2.24, 2.45) is 17.8 Å². The minimum atomic E-state index is -0.122. The predicted octanol–water partition coefficient (Wildman–Crippen LogP) is 3.15. The van der Waals surface area contributed by atoms with Gasteiger partial charge < -0.3 is 4.74 Å². The van der Waals surface area contributed by atoms with Crippen LogP contribution in [0.15, 0.2) is 24.3 Å². The molecule has 0 spiro atoms. The third-order valence-corrected chi connectivity index (χ3v) is 6.30. The normalized spacial score (nSPS) is 38.3. The number of rotatable bonds is 2. The number of hydrogen-bond acceptors (Lipinski definition) is 4. The van der Waals surface area contributed by atoms with Gasteiger partial charge in [-0.2, -0.15) is 11.8 Å². The Morgan fingerprint density at radius 3 is 2.95 bits per heavy atom. The first-order valence-corrected chi connectivity index (χ1v) is 8.93. The molecule has 2 fully saturated rings. The van der Waals surface area contributed by atoms with Gasteiger partial charge in [-0.25, -0.2) is 0 Å². The van der Waals surface area contributed by atoms with Gasteiger partial charge in [0.15, 0.2) is 0 Å². The van der Waals surface area contributed by atoms with Crippen LogP contribution in [-0.4, -0.2) is 28.9 Å². The standard InChI is InChI=1S/C17H22O3S/c1-2-16(18)20-12-7-8-14-15(9-12)21-10-11-5-3-4-6-13(11)17(14)19/h3-6,11-15H,2,7-10H2,1H3. The first kappa shape index (κ1) is 14.9. The molecule has 2 aliphatic carbocycles. The highest BCUT2D eigenvalue weighted by atomic mass is 32.2. The maximum atomic E-state index is 12.8. The number of esters is 1. The molecule has 0 radical (unpaired) electrons. The Morgan fingerprint density at radius 1 is 1.33 bits per heavy atom. The summed E-state index contributed by atoms with van der Waals surface area (Å²) in [6.45, 7) is 1.82. The van der Waals surface area contributed by atoms with E-state index in [-0.39, 0.29) is 23.9 Å². The Labute approximate surface area is 130 Å². The van der Waals surface area contributed by atoms with Gasteiger partial charge in [-0.15, -0.1) is 0 Å². The van der Waals surface area contributed by atoms with Crippen molar-refractivity contribution < 1.29 is 14.3 Å². The van der Waals surface area contributed by atoms with E-state index in [1.165, 1.54) is 0 Å². The van der Waals surface area contributed by atoms with Gasteiger partial charge in [0, 0.05) is 29.3 Å². The monoisotopic (exact) mass is 306 g/mol. The van der Waals surface area contributed by atoms with Crippen LogP contribution < -0.4 is 0 Å².